The Labute approximate surface area is 160 Å². The third-order valence-corrected chi connectivity index (χ3v) is 4.76. The zero-order chi connectivity index (χ0) is 19.1. The van der Waals surface area contributed by atoms with Crippen LogP contribution in [0.4, 0.5) is 0 Å². The van der Waals surface area contributed by atoms with Crippen molar-refractivity contribution in [3.8, 4) is 0 Å². The molecule has 3 rings (SSSR count). The SMILES string of the molecule is CCON1CCN(CCN=CC2=C(O)C(=Cc3ccccc3)CC2=O)CC1. The van der Waals surface area contributed by atoms with Crippen LogP contribution in [0, 0.1) is 0 Å². The monoisotopic (exact) mass is 369 g/mol. The zero-order valence-corrected chi connectivity index (χ0v) is 15.8. The van der Waals surface area contributed by atoms with Crippen molar-refractivity contribution in [3.63, 3.8) is 0 Å². The lowest BCUT2D eigenvalue weighted by Crippen LogP contribution is -2.46. The Morgan fingerprint density at radius 3 is 2.63 bits per heavy atom. The molecule has 1 N–H and O–H groups in total. The summed E-state index contributed by atoms with van der Waals surface area (Å²) in [5.74, 6) is -0.0262. The first-order chi connectivity index (χ1) is 13.2. The molecule has 27 heavy (non-hydrogen) atoms. The Bertz CT molecular complexity index is 732. The minimum Gasteiger partial charge on any atom is -0.507 e. The van der Waals surface area contributed by atoms with Gasteiger partial charge in [0.2, 0.25) is 0 Å². The van der Waals surface area contributed by atoms with E-state index < -0.39 is 0 Å². The van der Waals surface area contributed by atoms with Gasteiger partial charge in [0.05, 0.1) is 18.7 Å². The molecule has 0 amide bonds. The Balaban J connectivity index is 1.52. The van der Waals surface area contributed by atoms with Gasteiger partial charge in [-0.3, -0.25) is 19.5 Å². The molecule has 6 heteroatoms. The van der Waals surface area contributed by atoms with Gasteiger partial charge < -0.3 is 5.11 Å². The smallest absolute Gasteiger partial charge is 0.172 e. The number of aliphatic hydroxyl groups is 1. The Morgan fingerprint density at radius 1 is 1.19 bits per heavy atom. The van der Waals surface area contributed by atoms with Gasteiger partial charge in [-0.25, -0.2) is 0 Å². The molecule has 1 aliphatic heterocycles. The van der Waals surface area contributed by atoms with E-state index in [1.54, 1.807) is 0 Å². The van der Waals surface area contributed by atoms with Crippen LogP contribution in [0.15, 0.2) is 52.2 Å². The summed E-state index contributed by atoms with van der Waals surface area (Å²) in [7, 11) is 0. The van der Waals surface area contributed by atoms with Crippen LogP contribution < -0.4 is 0 Å². The summed E-state index contributed by atoms with van der Waals surface area (Å²) in [6.07, 6.45) is 3.60. The quantitative estimate of drug-likeness (QED) is 0.748. The van der Waals surface area contributed by atoms with Gasteiger partial charge in [-0.15, -0.1) is 0 Å². The summed E-state index contributed by atoms with van der Waals surface area (Å²) in [6, 6.07) is 9.69. The van der Waals surface area contributed by atoms with Crippen LogP contribution in [0.5, 0.6) is 0 Å². The summed E-state index contributed by atoms with van der Waals surface area (Å²) in [6.45, 7) is 7.85. The number of rotatable bonds is 7. The number of nitrogens with zero attached hydrogens (tertiary/aromatic N) is 3. The van der Waals surface area contributed by atoms with Gasteiger partial charge in [-0.1, -0.05) is 30.3 Å². The number of aliphatic hydroxyl groups excluding tert-OH is 1. The fourth-order valence-electron chi connectivity index (χ4n) is 3.28. The van der Waals surface area contributed by atoms with Gasteiger partial charge in [-0.05, 0) is 18.6 Å². The molecule has 0 aromatic heterocycles. The Kier molecular flexibility index (Phi) is 6.92. The van der Waals surface area contributed by atoms with Crippen LogP contribution in [0.2, 0.25) is 0 Å². The maximum atomic E-state index is 12.2. The van der Waals surface area contributed by atoms with E-state index in [9.17, 15) is 9.90 Å². The minimum absolute atomic E-state index is 0.0536. The summed E-state index contributed by atoms with van der Waals surface area (Å²) in [5, 5.41) is 12.4. The van der Waals surface area contributed by atoms with E-state index in [0.29, 0.717) is 24.3 Å². The van der Waals surface area contributed by atoms with Crippen molar-refractivity contribution in [1.29, 1.82) is 0 Å². The average molecular weight is 369 g/mol. The van der Waals surface area contributed by atoms with Crippen molar-refractivity contribution in [2.24, 2.45) is 4.99 Å². The number of Topliss-reactive ketones (excluding diaryl/α,β-unsaturated/α-hetero) is 1. The second kappa shape index (κ2) is 9.60. The zero-order valence-electron chi connectivity index (χ0n) is 15.8. The van der Waals surface area contributed by atoms with E-state index >= 15 is 0 Å². The van der Waals surface area contributed by atoms with Crippen molar-refractivity contribution < 1.29 is 14.7 Å². The number of benzene rings is 1. The van der Waals surface area contributed by atoms with E-state index in [1.165, 1.54) is 6.21 Å². The molecule has 0 radical (unpaired) electrons. The number of hydrogen-bond donors (Lipinski definition) is 1. The largest absolute Gasteiger partial charge is 0.507 e. The van der Waals surface area contributed by atoms with Gasteiger partial charge in [0, 0.05) is 50.9 Å². The van der Waals surface area contributed by atoms with Crippen LogP contribution in [-0.2, 0) is 9.63 Å². The summed E-state index contributed by atoms with van der Waals surface area (Å²) < 4.78 is 0. The maximum Gasteiger partial charge on any atom is 0.172 e. The number of piperazine rings is 1. The predicted molar refractivity (Wildman–Crippen MR) is 107 cm³/mol. The van der Waals surface area contributed by atoms with E-state index in [0.717, 1.165) is 38.3 Å². The van der Waals surface area contributed by atoms with E-state index in [4.69, 9.17) is 4.84 Å². The van der Waals surface area contributed by atoms with E-state index in [1.807, 2.05) is 48.4 Å². The lowest BCUT2D eigenvalue weighted by molar-refractivity contribution is -0.172. The third-order valence-electron chi connectivity index (χ3n) is 4.76. The number of ketones is 1. The number of carbonyl (C=O) groups is 1. The first-order valence-corrected chi connectivity index (χ1v) is 9.50. The van der Waals surface area contributed by atoms with Crippen LogP contribution in [0.25, 0.3) is 6.08 Å². The molecule has 0 bridgehead atoms. The van der Waals surface area contributed by atoms with E-state index in [2.05, 4.69) is 9.89 Å². The van der Waals surface area contributed by atoms with Gasteiger partial charge in [0.15, 0.2) is 5.78 Å². The fraction of sp³-hybridized carbons (Fsp3) is 0.429. The summed E-state index contributed by atoms with van der Waals surface area (Å²) in [4.78, 5) is 24.4. The minimum atomic E-state index is -0.0799. The number of carbonyl (C=O) groups excluding carboxylic acids is 1. The molecule has 0 atom stereocenters. The highest BCUT2D eigenvalue weighted by Crippen LogP contribution is 2.27. The van der Waals surface area contributed by atoms with Crippen molar-refractivity contribution in [2.75, 3.05) is 45.9 Å². The third kappa shape index (κ3) is 5.35. The topological polar surface area (TPSA) is 65.4 Å². The standard InChI is InChI=1S/C21H27N3O3/c1-2-27-24-12-10-23(11-13-24)9-8-22-16-19-20(25)15-18(21(19)26)14-17-6-4-3-5-7-17/h3-7,14,16,26H,2,8-13,15H2,1H3. The van der Waals surface area contributed by atoms with Gasteiger partial charge in [0.1, 0.15) is 5.76 Å². The molecular weight excluding hydrogens is 342 g/mol. The Morgan fingerprint density at radius 2 is 1.93 bits per heavy atom. The average Bonchev–Trinajstić information content (AvgIpc) is 2.94. The summed E-state index contributed by atoms with van der Waals surface area (Å²) >= 11 is 0. The number of hydroxylamine groups is 2. The van der Waals surface area contributed by atoms with Crippen LogP contribution >= 0.6 is 0 Å². The second-order valence-electron chi connectivity index (χ2n) is 6.67. The number of allylic oxidation sites excluding steroid dienone is 2. The van der Waals surface area contributed by atoms with Gasteiger partial charge in [-0.2, -0.15) is 5.06 Å². The molecule has 1 fully saturated rings. The molecule has 144 valence electrons. The van der Waals surface area contributed by atoms with E-state index in [-0.39, 0.29) is 18.0 Å². The van der Waals surface area contributed by atoms with Crippen LogP contribution in [0.3, 0.4) is 0 Å². The van der Waals surface area contributed by atoms with Crippen molar-refractivity contribution in [2.45, 2.75) is 13.3 Å². The van der Waals surface area contributed by atoms with Crippen LogP contribution in [-0.4, -0.2) is 72.9 Å². The lowest BCUT2D eigenvalue weighted by atomic mass is 10.1. The molecule has 0 unspecified atom stereocenters. The molecule has 1 aromatic rings. The molecular formula is C21H27N3O3. The fourth-order valence-corrected chi connectivity index (χ4v) is 3.28. The molecule has 2 aliphatic rings. The second-order valence-corrected chi connectivity index (χ2v) is 6.67. The van der Waals surface area contributed by atoms with Gasteiger partial charge >= 0.3 is 0 Å². The maximum absolute atomic E-state index is 12.2. The highest BCUT2D eigenvalue weighted by atomic mass is 16.7. The lowest BCUT2D eigenvalue weighted by Gasteiger charge is -2.33. The van der Waals surface area contributed by atoms with Gasteiger partial charge in [0.25, 0.3) is 0 Å². The molecule has 1 heterocycles. The first kappa shape index (κ1) is 19.5. The molecule has 1 aliphatic carbocycles. The van der Waals surface area contributed by atoms with Crippen molar-refractivity contribution in [1.82, 2.24) is 9.96 Å². The molecule has 6 nitrogen and oxygen atoms in total. The first-order valence-electron chi connectivity index (χ1n) is 9.50. The van der Waals surface area contributed by atoms with Crippen molar-refractivity contribution >= 4 is 18.1 Å². The number of aliphatic imine (C=N–C) groups is 1. The van der Waals surface area contributed by atoms with Crippen molar-refractivity contribution in [3.05, 3.63) is 52.8 Å². The molecule has 1 aromatic carbocycles. The highest BCUT2D eigenvalue weighted by Gasteiger charge is 2.26. The number of hydrogen-bond acceptors (Lipinski definition) is 6. The normalized spacial score (nSPS) is 21.1. The summed E-state index contributed by atoms with van der Waals surface area (Å²) in [5.41, 5.74) is 1.94. The predicted octanol–water partition coefficient (Wildman–Crippen LogP) is 2.49. The molecule has 0 spiro atoms. The molecule has 1 saturated heterocycles. The van der Waals surface area contributed by atoms with Crippen LogP contribution in [0.1, 0.15) is 18.9 Å². The highest BCUT2D eigenvalue weighted by molar-refractivity contribution is 6.18. The Hall–Kier alpha value is -2.28. The molecule has 0 saturated carbocycles.